The van der Waals surface area contributed by atoms with Crippen LogP contribution in [0, 0.1) is 0 Å². The number of carbonyl (C=O) groups is 3. The van der Waals surface area contributed by atoms with Crippen molar-refractivity contribution in [3.05, 3.63) is 47.3 Å². The minimum atomic E-state index is -0.229. The van der Waals surface area contributed by atoms with Crippen molar-refractivity contribution in [2.45, 2.75) is 38.6 Å². The number of anilines is 1. The van der Waals surface area contributed by atoms with Crippen LogP contribution in [0.4, 0.5) is 5.69 Å². The van der Waals surface area contributed by atoms with Gasteiger partial charge in [-0.1, -0.05) is 18.2 Å². The summed E-state index contributed by atoms with van der Waals surface area (Å²) in [7, 11) is 0. The number of H-pyrrole nitrogens is 1. The van der Waals surface area contributed by atoms with Gasteiger partial charge in [0, 0.05) is 25.7 Å². The van der Waals surface area contributed by atoms with Gasteiger partial charge in [0.15, 0.2) is 5.69 Å². The lowest BCUT2D eigenvalue weighted by Gasteiger charge is -2.35. The Morgan fingerprint density at radius 3 is 2.86 bits per heavy atom. The van der Waals surface area contributed by atoms with Gasteiger partial charge in [0.2, 0.25) is 11.8 Å². The zero-order chi connectivity index (χ0) is 20.4. The quantitative estimate of drug-likeness (QED) is 0.825. The Balaban J connectivity index is 1.51. The van der Waals surface area contributed by atoms with Gasteiger partial charge in [-0.2, -0.15) is 5.10 Å². The lowest BCUT2D eigenvalue weighted by Crippen LogP contribution is -2.44. The summed E-state index contributed by atoms with van der Waals surface area (Å²) in [5.41, 5.74) is 3.22. The SMILES string of the molecule is CC(=O)NCC(=O)N1CCCCC1c1cc(C(=O)N2CCc3ccccc32)n[nH]1. The molecule has 1 fully saturated rings. The molecule has 1 aromatic carbocycles. The van der Waals surface area contributed by atoms with Crippen LogP contribution in [0.3, 0.4) is 0 Å². The summed E-state index contributed by atoms with van der Waals surface area (Å²) >= 11 is 0. The molecule has 2 aliphatic rings. The predicted octanol–water partition coefficient (Wildman–Crippen LogP) is 1.80. The van der Waals surface area contributed by atoms with E-state index in [1.165, 1.54) is 12.5 Å². The highest BCUT2D eigenvalue weighted by Gasteiger charge is 2.31. The number of nitrogens with one attached hydrogen (secondary N) is 2. The van der Waals surface area contributed by atoms with Crippen LogP contribution in [-0.4, -0.2) is 52.5 Å². The smallest absolute Gasteiger partial charge is 0.278 e. The number of amides is 3. The maximum atomic E-state index is 13.0. The first kappa shape index (κ1) is 19.2. The van der Waals surface area contributed by atoms with Gasteiger partial charge in [-0.15, -0.1) is 0 Å². The standard InChI is InChI=1S/C21H25N5O3/c1-14(27)22-13-20(28)25-10-5-4-8-19(25)16-12-17(24-23-16)21(29)26-11-9-15-6-2-3-7-18(15)26/h2-3,6-7,12,19H,4-5,8-11,13H2,1H3,(H,22,27)(H,23,24). The molecule has 0 radical (unpaired) electrons. The van der Waals surface area contributed by atoms with Crippen LogP contribution < -0.4 is 10.2 Å². The third-order valence-corrected chi connectivity index (χ3v) is 5.62. The van der Waals surface area contributed by atoms with Crippen molar-refractivity contribution in [1.29, 1.82) is 0 Å². The zero-order valence-corrected chi connectivity index (χ0v) is 16.5. The fraction of sp³-hybridized carbons (Fsp3) is 0.429. The van der Waals surface area contributed by atoms with E-state index < -0.39 is 0 Å². The summed E-state index contributed by atoms with van der Waals surface area (Å²) < 4.78 is 0. The maximum absolute atomic E-state index is 13.0. The fourth-order valence-corrected chi connectivity index (χ4v) is 4.16. The number of piperidine rings is 1. The lowest BCUT2D eigenvalue weighted by atomic mass is 9.99. The number of hydrogen-bond acceptors (Lipinski definition) is 4. The molecule has 152 valence electrons. The third kappa shape index (κ3) is 3.87. The topological polar surface area (TPSA) is 98.4 Å². The van der Waals surface area contributed by atoms with Gasteiger partial charge in [-0.3, -0.25) is 19.5 Å². The van der Waals surface area contributed by atoms with E-state index in [0.29, 0.717) is 18.8 Å². The number of carbonyl (C=O) groups excluding carboxylic acids is 3. The Bertz CT molecular complexity index is 938. The highest BCUT2D eigenvalue weighted by Crippen LogP contribution is 2.32. The van der Waals surface area contributed by atoms with E-state index in [9.17, 15) is 14.4 Å². The van der Waals surface area contributed by atoms with Gasteiger partial charge in [0.05, 0.1) is 18.3 Å². The molecule has 0 aliphatic carbocycles. The number of rotatable bonds is 4. The van der Waals surface area contributed by atoms with Crippen LogP contribution in [0.15, 0.2) is 30.3 Å². The summed E-state index contributed by atoms with van der Waals surface area (Å²) in [6.45, 7) is 2.65. The Hall–Kier alpha value is -3.16. The molecule has 0 bridgehead atoms. The van der Waals surface area contributed by atoms with E-state index in [-0.39, 0.29) is 30.3 Å². The minimum Gasteiger partial charge on any atom is -0.347 e. The second-order valence-corrected chi connectivity index (χ2v) is 7.55. The van der Waals surface area contributed by atoms with Gasteiger partial charge in [-0.25, -0.2) is 0 Å². The summed E-state index contributed by atoms with van der Waals surface area (Å²) in [5, 5.41) is 9.80. The van der Waals surface area contributed by atoms with Gasteiger partial charge in [0.1, 0.15) is 0 Å². The number of aromatic amines is 1. The van der Waals surface area contributed by atoms with E-state index in [2.05, 4.69) is 15.5 Å². The highest BCUT2D eigenvalue weighted by molar-refractivity contribution is 6.06. The molecule has 29 heavy (non-hydrogen) atoms. The first-order valence-corrected chi connectivity index (χ1v) is 10.0. The number of benzene rings is 1. The van der Waals surface area contributed by atoms with E-state index in [4.69, 9.17) is 0 Å². The van der Waals surface area contributed by atoms with Crippen LogP contribution in [0.2, 0.25) is 0 Å². The molecular weight excluding hydrogens is 370 g/mol. The molecule has 1 aromatic heterocycles. The van der Waals surface area contributed by atoms with E-state index >= 15 is 0 Å². The van der Waals surface area contributed by atoms with Crippen LogP contribution in [-0.2, 0) is 16.0 Å². The number of likely N-dealkylation sites (tertiary alicyclic amines) is 1. The molecule has 3 amide bonds. The summed E-state index contributed by atoms with van der Waals surface area (Å²) in [6.07, 6.45) is 3.56. The van der Waals surface area contributed by atoms with Gasteiger partial charge in [0.25, 0.3) is 5.91 Å². The van der Waals surface area contributed by atoms with Crippen molar-refractivity contribution in [3.8, 4) is 0 Å². The Morgan fingerprint density at radius 1 is 1.21 bits per heavy atom. The Kier molecular flexibility index (Phi) is 5.33. The van der Waals surface area contributed by atoms with Crippen LogP contribution >= 0.6 is 0 Å². The number of fused-ring (bicyclic) bond motifs is 1. The van der Waals surface area contributed by atoms with Crippen molar-refractivity contribution in [2.75, 3.05) is 24.5 Å². The molecule has 8 nitrogen and oxygen atoms in total. The average molecular weight is 395 g/mol. The zero-order valence-electron chi connectivity index (χ0n) is 16.5. The van der Waals surface area contributed by atoms with Crippen LogP contribution in [0.5, 0.6) is 0 Å². The number of aromatic nitrogens is 2. The van der Waals surface area contributed by atoms with E-state index in [1.807, 2.05) is 24.3 Å². The molecule has 8 heteroatoms. The number of nitrogens with zero attached hydrogens (tertiary/aromatic N) is 3. The molecule has 2 N–H and O–H groups in total. The summed E-state index contributed by atoms with van der Waals surface area (Å²) in [4.78, 5) is 40.3. The minimum absolute atomic E-state index is 0.0175. The monoisotopic (exact) mass is 395 g/mol. The molecule has 1 atom stereocenters. The van der Waals surface area contributed by atoms with Gasteiger partial charge < -0.3 is 15.1 Å². The van der Waals surface area contributed by atoms with Crippen molar-refractivity contribution >= 4 is 23.4 Å². The van der Waals surface area contributed by atoms with E-state index in [1.54, 1.807) is 15.9 Å². The van der Waals surface area contributed by atoms with Crippen LogP contribution in [0.25, 0.3) is 0 Å². The first-order valence-electron chi connectivity index (χ1n) is 10.0. The molecule has 4 rings (SSSR count). The molecule has 0 saturated carbocycles. The van der Waals surface area contributed by atoms with Crippen LogP contribution in [0.1, 0.15) is 54.0 Å². The number of hydrogen-bond donors (Lipinski definition) is 2. The first-order chi connectivity index (χ1) is 14.0. The Morgan fingerprint density at radius 2 is 2.03 bits per heavy atom. The summed E-state index contributed by atoms with van der Waals surface area (Å²) in [6, 6.07) is 9.51. The molecular formula is C21H25N5O3. The third-order valence-electron chi connectivity index (χ3n) is 5.62. The molecule has 2 aromatic rings. The van der Waals surface area contributed by atoms with E-state index in [0.717, 1.165) is 37.1 Å². The van der Waals surface area contributed by atoms with Crippen molar-refractivity contribution < 1.29 is 14.4 Å². The summed E-state index contributed by atoms with van der Waals surface area (Å²) in [5.74, 6) is -0.488. The highest BCUT2D eigenvalue weighted by atomic mass is 16.2. The second-order valence-electron chi connectivity index (χ2n) is 7.55. The predicted molar refractivity (Wildman–Crippen MR) is 107 cm³/mol. The molecule has 1 saturated heterocycles. The molecule has 1 unspecified atom stereocenters. The van der Waals surface area contributed by atoms with Crippen molar-refractivity contribution in [2.24, 2.45) is 0 Å². The molecule has 3 heterocycles. The second kappa shape index (κ2) is 8.06. The average Bonchev–Trinajstić information content (AvgIpc) is 3.39. The van der Waals surface area contributed by atoms with Crippen molar-refractivity contribution in [1.82, 2.24) is 20.4 Å². The molecule has 2 aliphatic heterocycles. The Labute approximate surface area is 169 Å². The fourth-order valence-electron chi connectivity index (χ4n) is 4.16. The largest absolute Gasteiger partial charge is 0.347 e. The number of para-hydroxylation sites is 1. The van der Waals surface area contributed by atoms with Crippen molar-refractivity contribution in [3.63, 3.8) is 0 Å². The molecule has 0 spiro atoms. The van der Waals surface area contributed by atoms with Gasteiger partial charge in [-0.05, 0) is 43.4 Å². The maximum Gasteiger partial charge on any atom is 0.278 e. The normalized spacial score (nSPS) is 18.4. The lowest BCUT2D eigenvalue weighted by molar-refractivity contribution is -0.136. The van der Waals surface area contributed by atoms with Gasteiger partial charge >= 0.3 is 0 Å².